The number of fused-ring (bicyclic) bond motifs is 1. The average Bonchev–Trinajstić information content (AvgIpc) is 2.28. The summed E-state index contributed by atoms with van der Waals surface area (Å²) in [7, 11) is -4.54. The van der Waals surface area contributed by atoms with Crippen LogP contribution in [0.15, 0.2) is 48.5 Å². The number of hydrogen-bond acceptors (Lipinski definition) is 4. The van der Waals surface area contributed by atoms with Gasteiger partial charge in [0.05, 0.1) is 0 Å². The first-order chi connectivity index (χ1) is 8.03. The van der Waals surface area contributed by atoms with Gasteiger partial charge in [0.2, 0.25) is 0 Å². The third-order valence-corrected chi connectivity index (χ3v) is 2.14. The van der Waals surface area contributed by atoms with Crippen molar-refractivity contribution in [1.82, 2.24) is 0 Å². The fourth-order valence-electron chi connectivity index (χ4n) is 1.18. The van der Waals surface area contributed by atoms with Crippen molar-refractivity contribution in [2.24, 2.45) is 0 Å². The zero-order valence-electron chi connectivity index (χ0n) is 8.68. The van der Waals surface area contributed by atoms with Gasteiger partial charge < -0.3 is 4.18 Å². The first-order valence-corrected chi connectivity index (χ1v) is 5.92. The van der Waals surface area contributed by atoms with E-state index in [1.165, 1.54) is 10.8 Å². The molecule has 1 N–H and O–H groups in total. The van der Waals surface area contributed by atoms with Crippen LogP contribution in [0.5, 0.6) is 0 Å². The van der Waals surface area contributed by atoms with Crippen LogP contribution in [0, 0.1) is 0 Å². The Morgan fingerprint density at radius 1 is 0.941 bits per heavy atom. The summed E-state index contributed by atoms with van der Waals surface area (Å²) >= 11 is 0. The molecule has 17 heavy (non-hydrogen) atoms. The Morgan fingerprint density at radius 2 is 1.29 bits per heavy atom. The molecule has 0 atom stereocenters. The fourth-order valence-corrected chi connectivity index (χ4v) is 1.28. The van der Waals surface area contributed by atoms with Crippen molar-refractivity contribution in [3.8, 4) is 0 Å². The van der Waals surface area contributed by atoms with Gasteiger partial charge in [-0.15, -0.1) is 0 Å². The molecule has 0 aromatic heterocycles. The second kappa shape index (κ2) is 5.97. The predicted molar refractivity (Wildman–Crippen MR) is 62.6 cm³/mol. The minimum absolute atomic E-state index is 0.380. The van der Waals surface area contributed by atoms with E-state index in [0.29, 0.717) is 0 Å². The Labute approximate surface area is 98.6 Å². The molecule has 0 aliphatic carbocycles. The van der Waals surface area contributed by atoms with Gasteiger partial charge >= 0.3 is 16.9 Å². The third kappa shape index (κ3) is 5.10. The molecule has 90 valence electrons. The van der Waals surface area contributed by atoms with Gasteiger partial charge in [0.1, 0.15) is 0 Å². The van der Waals surface area contributed by atoms with Crippen molar-refractivity contribution in [1.29, 1.82) is 0 Å². The van der Waals surface area contributed by atoms with Crippen molar-refractivity contribution in [3.05, 3.63) is 48.5 Å². The van der Waals surface area contributed by atoms with Gasteiger partial charge in [-0.05, 0) is 10.8 Å². The Balaban J connectivity index is 0.000000185. The molecule has 0 fully saturated rings. The largest absolute Gasteiger partial charge is 0.448 e. The number of rotatable bonds is 2. The Hall–Kier alpha value is -1.92. The molecule has 0 aliphatic rings. The van der Waals surface area contributed by atoms with E-state index in [-0.39, 0.29) is 6.47 Å². The maximum absolute atomic E-state index is 9.33. The molecule has 0 heterocycles. The van der Waals surface area contributed by atoms with E-state index in [1.807, 2.05) is 0 Å². The van der Waals surface area contributed by atoms with E-state index < -0.39 is 10.4 Å². The molecule has 5 nitrogen and oxygen atoms in total. The first-order valence-electron chi connectivity index (χ1n) is 4.56. The first kappa shape index (κ1) is 13.1. The summed E-state index contributed by atoms with van der Waals surface area (Å²) in [5, 5.41) is 2.62. The maximum atomic E-state index is 9.33. The minimum atomic E-state index is -4.54. The van der Waals surface area contributed by atoms with Gasteiger partial charge in [-0.2, -0.15) is 8.42 Å². The molecule has 6 heteroatoms. The summed E-state index contributed by atoms with van der Waals surface area (Å²) in [6.07, 6.45) is 0. The molecule has 0 radical (unpaired) electrons. The highest BCUT2D eigenvalue weighted by molar-refractivity contribution is 7.81. The summed E-state index contributed by atoms with van der Waals surface area (Å²) < 4.78 is 29.3. The summed E-state index contributed by atoms with van der Waals surface area (Å²) in [5.74, 6) is 0. The summed E-state index contributed by atoms with van der Waals surface area (Å²) in [6, 6.07) is 16.7. The lowest BCUT2D eigenvalue weighted by Crippen LogP contribution is -2.00. The summed E-state index contributed by atoms with van der Waals surface area (Å²) in [6.45, 7) is -0.380. The smallest absolute Gasteiger partial charge is 0.328 e. The SMILES string of the molecule is O=COS(=O)(=O)O.c1ccc2ccccc2c1. The zero-order valence-corrected chi connectivity index (χ0v) is 9.50. The van der Waals surface area contributed by atoms with Crippen LogP contribution in [0.1, 0.15) is 0 Å². The van der Waals surface area contributed by atoms with E-state index in [2.05, 4.69) is 52.7 Å². The lowest BCUT2D eigenvalue weighted by molar-refractivity contribution is -0.120. The van der Waals surface area contributed by atoms with Crippen LogP contribution in [-0.2, 0) is 19.4 Å². The van der Waals surface area contributed by atoms with E-state index in [4.69, 9.17) is 9.35 Å². The summed E-state index contributed by atoms with van der Waals surface area (Å²) in [5.41, 5.74) is 0. The van der Waals surface area contributed by atoms with E-state index in [0.717, 1.165) is 0 Å². The number of benzene rings is 2. The second-order valence-corrected chi connectivity index (χ2v) is 4.02. The van der Waals surface area contributed by atoms with Crippen molar-refractivity contribution < 1.29 is 21.9 Å². The molecule has 0 bridgehead atoms. The van der Waals surface area contributed by atoms with Gasteiger partial charge in [0.15, 0.2) is 0 Å². The highest BCUT2D eigenvalue weighted by Crippen LogP contribution is 2.11. The van der Waals surface area contributed by atoms with Gasteiger partial charge in [-0.1, -0.05) is 48.5 Å². The van der Waals surface area contributed by atoms with Gasteiger partial charge in [-0.3, -0.25) is 9.35 Å². The van der Waals surface area contributed by atoms with Crippen molar-refractivity contribution in [2.75, 3.05) is 0 Å². The Bertz CT molecular complexity index is 526. The zero-order chi connectivity index (χ0) is 12.7. The molecule has 2 aromatic carbocycles. The highest BCUT2D eigenvalue weighted by atomic mass is 32.3. The maximum Gasteiger partial charge on any atom is 0.448 e. The van der Waals surface area contributed by atoms with Gasteiger partial charge in [0.25, 0.3) is 0 Å². The van der Waals surface area contributed by atoms with E-state index in [1.54, 1.807) is 0 Å². The molecule has 2 aromatic rings. The van der Waals surface area contributed by atoms with Crippen LogP contribution in [0.2, 0.25) is 0 Å². The lowest BCUT2D eigenvalue weighted by Gasteiger charge is -1.92. The monoisotopic (exact) mass is 254 g/mol. The molecule has 0 aliphatic heterocycles. The van der Waals surface area contributed by atoms with Crippen LogP contribution < -0.4 is 0 Å². The Kier molecular flexibility index (Phi) is 4.62. The standard InChI is InChI=1S/C10H8.CH2O5S/c1-2-6-10-8-4-3-7-9(10)5-1;2-1-6-7(3,4)5/h1-8H;1H,(H,3,4,5). The molecule has 0 saturated heterocycles. The van der Waals surface area contributed by atoms with Crippen LogP contribution in [0.4, 0.5) is 0 Å². The highest BCUT2D eigenvalue weighted by Gasteiger charge is 1.98. The average molecular weight is 254 g/mol. The van der Waals surface area contributed by atoms with E-state index in [9.17, 15) is 8.42 Å². The quantitative estimate of drug-likeness (QED) is 0.653. The molecule has 0 saturated carbocycles. The van der Waals surface area contributed by atoms with E-state index >= 15 is 0 Å². The normalized spacial score (nSPS) is 10.2. The van der Waals surface area contributed by atoms with Gasteiger partial charge in [-0.25, -0.2) is 0 Å². The fraction of sp³-hybridized carbons (Fsp3) is 0. The third-order valence-electron chi connectivity index (χ3n) is 1.82. The Morgan fingerprint density at radius 3 is 1.47 bits per heavy atom. The van der Waals surface area contributed by atoms with Crippen LogP contribution in [0.25, 0.3) is 10.8 Å². The van der Waals surface area contributed by atoms with Crippen molar-refractivity contribution in [3.63, 3.8) is 0 Å². The van der Waals surface area contributed by atoms with Gasteiger partial charge in [0, 0.05) is 0 Å². The van der Waals surface area contributed by atoms with Crippen LogP contribution >= 0.6 is 0 Å². The molecular weight excluding hydrogens is 244 g/mol. The number of hydrogen-bond donors (Lipinski definition) is 1. The lowest BCUT2D eigenvalue weighted by atomic mass is 10.1. The molecule has 2 rings (SSSR count). The van der Waals surface area contributed by atoms with Crippen LogP contribution in [0.3, 0.4) is 0 Å². The molecule has 0 amide bonds. The second-order valence-electron chi connectivity index (χ2n) is 2.97. The minimum Gasteiger partial charge on any atom is -0.328 e. The topological polar surface area (TPSA) is 80.7 Å². The molecule has 0 unspecified atom stereocenters. The van der Waals surface area contributed by atoms with Crippen molar-refractivity contribution in [2.45, 2.75) is 0 Å². The number of carbonyl (C=O) groups excluding carboxylic acids is 1. The summed E-state index contributed by atoms with van der Waals surface area (Å²) in [4.78, 5) is 9.06. The molecular formula is C11H10O5S. The number of carbonyl (C=O) groups is 1. The van der Waals surface area contributed by atoms with Crippen molar-refractivity contribution >= 4 is 27.6 Å². The predicted octanol–water partition coefficient (Wildman–Crippen LogP) is 1.80. The van der Waals surface area contributed by atoms with Crippen LogP contribution in [-0.4, -0.2) is 19.4 Å². The molecule has 0 spiro atoms.